The predicted octanol–water partition coefficient (Wildman–Crippen LogP) is 1.89. The van der Waals surface area contributed by atoms with Gasteiger partial charge in [0.15, 0.2) is 0 Å². The van der Waals surface area contributed by atoms with Crippen LogP contribution < -0.4 is 0 Å². The Kier molecular flexibility index (Phi) is 4.94. The van der Waals surface area contributed by atoms with Gasteiger partial charge in [0.25, 0.3) is 0 Å². The second-order valence-corrected chi connectivity index (χ2v) is 3.39. The van der Waals surface area contributed by atoms with Crippen molar-refractivity contribution in [3.05, 3.63) is 41.5 Å². The van der Waals surface area contributed by atoms with E-state index in [1.54, 1.807) is 31.2 Å². The molecule has 4 nitrogen and oxygen atoms in total. The number of hydrogen-bond acceptors (Lipinski definition) is 3. The molecule has 1 rings (SSSR count). The number of aliphatic carboxylic acids is 1. The van der Waals surface area contributed by atoms with Crippen molar-refractivity contribution in [1.29, 1.82) is 0 Å². The molecular weight excluding hydrogens is 220 g/mol. The molecular formula is C13H14O4. The minimum atomic E-state index is -0.986. The number of benzene rings is 1. The van der Waals surface area contributed by atoms with E-state index in [2.05, 4.69) is 0 Å². The quantitative estimate of drug-likeness (QED) is 0.624. The van der Waals surface area contributed by atoms with Crippen LogP contribution in [-0.2, 0) is 20.7 Å². The van der Waals surface area contributed by atoms with Crippen molar-refractivity contribution in [2.24, 2.45) is 0 Å². The molecule has 4 heteroatoms. The van der Waals surface area contributed by atoms with Gasteiger partial charge in [-0.1, -0.05) is 24.3 Å². The molecule has 0 saturated carbocycles. The fraction of sp³-hybridized carbons (Fsp3) is 0.231. The van der Waals surface area contributed by atoms with Crippen LogP contribution in [-0.4, -0.2) is 23.7 Å². The summed E-state index contributed by atoms with van der Waals surface area (Å²) in [5, 5.41) is 8.46. The first-order chi connectivity index (χ1) is 8.11. The Hall–Kier alpha value is -2.10. The Balaban J connectivity index is 2.62. The van der Waals surface area contributed by atoms with Crippen molar-refractivity contribution in [3.8, 4) is 0 Å². The van der Waals surface area contributed by atoms with Crippen molar-refractivity contribution in [2.45, 2.75) is 13.3 Å². The summed E-state index contributed by atoms with van der Waals surface area (Å²) in [4.78, 5) is 21.5. The number of rotatable bonds is 5. The van der Waals surface area contributed by atoms with E-state index in [-0.39, 0.29) is 12.4 Å². The average Bonchev–Trinajstić information content (AvgIpc) is 2.28. The van der Waals surface area contributed by atoms with Gasteiger partial charge in [0, 0.05) is 6.08 Å². The maximum absolute atomic E-state index is 11.2. The van der Waals surface area contributed by atoms with Crippen molar-refractivity contribution >= 4 is 18.0 Å². The van der Waals surface area contributed by atoms with Crippen LogP contribution in [0, 0.1) is 0 Å². The highest BCUT2D eigenvalue weighted by Crippen LogP contribution is 2.07. The van der Waals surface area contributed by atoms with E-state index in [0.717, 1.165) is 17.2 Å². The van der Waals surface area contributed by atoms with Crippen LogP contribution in [0.2, 0.25) is 0 Å². The Labute approximate surface area is 99.5 Å². The molecule has 0 atom stereocenters. The number of carbonyl (C=O) groups is 2. The van der Waals surface area contributed by atoms with Crippen LogP contribution in [0.1, 0.15) is 18.1 Å². The van der Waals surface area contributed by atoms with Crippen molar-refractivity contribution < 1.29 is 19.4 Å². The van der Waals surface area contributed by atoms with E-state index >= 15 is 0 Å². The van der Waals surface area contributed by atoms with Gasteiger partial charge in [-0.2, -0.15) is 0 Å². The van der Waals surface area contributed by atoms with Gasteiger partial charge < -0.3 is 9.84 Å². The smallest absolute Gasteiger partial charge is 0.328 e. The molecule has 1 aromatic rings. The molecule has 0 aliphatic carbocycles. The molecule has 1 N–H and O–H groups in total. The standard InChI is InChI=1S/C13H14O4/c1-2-17-13(16)9-11-5-3-10(4-6-11)7-8-12(14)15/h3-8H,2,9H2,1H3,(H,14,15)/b8-7+. The first-order valence-corrected chi connectivity index (χ1v) is 5.27. The maximum Gasteiger partial charge on any atom is 0.328 e. The predicted molar refractivity (Wildman–Crippen MR) is 63.4 cm³/mol. The Bertz CT molecular complexity index is 418. The number of carbonyl (C=O) groups excluding carboxylic acids is 1. The van der Waals surface area contributed by atoms with Gasteiger partial charge in [0.2, 0.25) is 0 Å². The lowest BCUT2D eigenvalue weighted by atomic mass is 10.1. The average molecular weight is 234 g/mol. The molecule has 17 heavy (non-hydrogen) atoms. The summed E-state index contributed by atoms with van der Waals surface area (Å²) in [6, 6.07) is 7.07. The molecule has 0 amide bonds. The van der Waals surface area contributed by atoms with Gasteiger partial charge in [-0.25, -0.2) is 4.79 Å². The molecule has 0 aliphatic heterocycles. The van der Waals surface area contributed by atoms with E-state index in [9.17, 15) is 9.59 Å². The summed E-state index contributed by atoms with van der Waals surface area (Å²) >= 11 is 0. The molecule has 0 bridgehead atoms. The molecule has 0 unspecified atom stereocenters. The van der Waals surface area contributed by atoms with Crippen LogP contribution in [0.15, 0.2) is 30.3 Å². The fourth-order valence-electron chi connectivity index (χ4n) is 1.29. The van der Waals surface area contributed by atoms with E-state index in [1.807, 2.05) is 0 Å². The Morgan fingerprint density at radius 3 is 2.47 bits per heavy atom. The zero-order chi connectivity index (χ0) is 12.7. The topological polar surface area (TPSA) is 63.6 Å². The van der Waals surface area contributed by atoms with Crippen LogP contribution in [0.5, 0.6) is 0 Å². The van der Waals surface area contributed by atoms with Crippen LogP contribution in [0.3, 0.4) is 0 Å². The third-order valence-corrected chi connectivity index (χ3v) is 2.05. The van der Waals surface area contributed by atoms with Gasteiger partial charge in [-0.15, -0.1) is 0 Å². The number of carboxylic acids is 1. The highest BCUT2D eigenvalue weighted by atomic mass is 16.5. The van der Waals surface area contributed by atoms with Gasteiger partial charge in [0.05, 0.1) is 13.0 Å². The highest BCUT2D eigenvalue weighted by Gasteiger charge is 2.02. The molecule has 0 radical (unpaired) electrons. The molecule has 0 fully saturated rings. The van der Waals surface area contributed by atoms with Gasteiger partial charge in [0.1, 0.15) is 0 Å². The first kappa shape index (κ1) is 13.0. The summed E-state index contributed by atoms with van der Waals surface area (Å²) < 4.78 is 4.82. The van der Waals surface area contributed by atoms with Crippen LogP contribution in [0.25, 0.3) is 6.08 Å². The molecule has 0 saturated heterocycles. The summed E-state index contributed by atoms with van der Waals surface area (Å²) in [5.41, 5.74) is 1.62. The van der Waals surface area contributed by atoms with Crippen molar-refractivity contribution in [2.75, 3.05) is 6.61 Å². The van der Waals surface area contributed by atoms with Crippen molar-refractivity contribution in [1.82, 2.24) is 0 Å². The van der Waals surface area contributed by atoms with Crippen molar-refractivity contribution in [3.63, 3.8) is 0 Å². The second kappa shape index (κ2) is 6.48. The highest BCUT2D eigenvalue weighted by molar-refractivity contribution is 5.85. The van der Waals surface area contributed by atoms with Crippen LogP contribution >= 0.6 is 0 Å². The monoisotopic (exact) mass is 234 g/mol. The number of carboxylic acid groups (broad SMARTS) is 1. The lowest BCUT2D eigenvalue weighted by Crippen LogP contribution is -2.07. The lowest BCUT2D eigenvalue weighted by Gasteiger charge is -2.02. The van der Waals surface area contributed by atoms with Gasteiger partial charge in [-0.3, -0.25) is 4.79 Å². The first-order valence-electron chi connectivity index (χ1n) is 5.27. The van der Waals surface area contributed by atoms with E-state index in [0.29, 0.717) is 6.61 Å². The molecule has 1 aromatic carbocycles. The summed E-state index contributed by atoms with van der Waals surface area (Å²) in [5.74, 6) is -1.25. The fourth-order valence-corrected chi connectivity index (χ4v) is 1.29. The zero-order valence-electron chi connectivity index (χ0n) is 9.55. The molecule has 0 aliphatic rings. The lowest BCUT2D eigenvalue weighted by molar-refractivity contribution is -0.142. The molecule has 90 valence electrons. The second-order valence-electron chi connectivity index (χ2n) is 3.39. The normalized spacial score (nSPS) is 10.4. The maximum atomic E-state index is 11.2. The minimum absolute atomic E-state index is 0.233. The third-order valence-electron chi connectivity index (χ3n) is 2.05. The molecule has 0 spiro atoms. The number of esters is 1. The SMILES string of the molecule is CCOC(=O)Cc1ccc(/C=C/C(=O)O)cc1. The van der Waals surface area contributed by atoms with Crippen LogP contribution in [0.4, 0.5) is 0 Å². The number of hydrogen-bond donors (Lipinski definition) is 1. The molecule has 0 aromatic heterocycles. The zero-order valence-corrected chi connectivity index (χ0v) is 9.55. The summed E-state index contributed by atoms with van der Waals surface area (Å²) in [6.07, 6.45) is 2.80. The largest absolute Gasteiger partial charge is 0.478 e. The van der Waals surface area contributed by atoms with E-state index < -0.39 is 5.97 Å². The van der Waals surface area contributed by atoms with Gasteiger partial charge >= 0.3 is 11.9 Å². The summed E-state index contributed by atoms with van der Waals surface area (Å²) in [6.45, 7) is 2.13. The molecule has 0 heterocycles. The van der Waals surface area contributed by atoms with E-state index in [1.165, 1.54) is 6.08 Å². The minimum Gasteiger partial charge on any atom is -0.478 e. The summed E-state index contributed by atoms with van der Waals surface area (Å²) in [7, 11) is 0. The third kappa shape index (κ3) is 4.97. The Morgan fingerprint density at radius 1 is 1.29 bits per heavy atom. The van der Waals surface area contributed by atoms with E-state index in [4.69, 9.17) is 9.84 Å². The number of ether oxygens (including phenoxy) is 1. The van der Waals surface area contributed by atoms with Gasteiger partial charge in [-0.05, 0) is 24.1 Å². The Morgan fingerprint density at radius 2 is 1.94 bits per heavy atom.